The van der Waals surface area contributed by atoms with E-state index in [1.54, 1.807) is 0 Å². The van der Waals surface area contributed by atoms with Gasteiger partial charge in [0.1, 0.15) is 5.82 Å². The fourth-order valence-corrected chi connectivity index (χ4v) is 13.9. The molecule has 0 saturated heterocycles. The molecule has 0 amide bonds. The molecule has 0 N–H and O–H groups in total. The van der Waals surface area contributed by atoms with Crippen LogP contribution in [0, 0.1) is 12.1 Å². The topological polar surface area (TPSA) is 50.8 Å². The van der Waals surface area contributed by atoms with Crippen molar-refractivity contribution < 1.29 is 25.8 Å². The molecule has 0 unspecified atom stereocenters. The summed E-state index contributed by atoms with van der Waals surface area (Å²) in [5.74, 6) is 1.96. The fourth-order valence-electron chi connectivity index (χ4n) is 13.9. The zero-order chi connectivity index (χ0) is 58.2. The van der Waals surface area contributed by atoms with Gasteiger partial charge in [0.2, 0.25) is 0 Å². The van der Waals surface area contributed by atoms with E-state index in [0.717, 1.165) is 106 Å². The van der Waals surface area contributed by atoms with E-state index in [-0.39, 0.29) is 44.3 Å². The molecule has 0 spiro atoms. The van der Waals surface area contributed by atoms with Crippen LogP contribution in [0.4, 0.5) is 22.7 Å². The van der Waals surface area contributed by atoms with Crippen molar-refractivity contribution in [1.82, 2.24) is 18.9 Å². The van der Waals surface area contributed by atoms with Crippen LogP contribution in [0.2, 0.25) is 0 Å². The summed E-state index contributed by atoms with van der Waals surface area (Å²) in [6.45, 7) is 15.9. The third-order valence-electron chi connectivity index (χ3n) is 18.9. The molecule has 16 rings (SSSR count). The monoisotopic (exact) mass is 1300 g/mol. The number of ether oxygens (including phenoxy) is 1. The van der Waals surface area contributed by atoms with Crippen LogP contribution in [0.3, 0.4) is 0 Å². The van der Waals surface area contributed by atoms with Crippen LogP contribution in [-0.4, -0.2) is 25.9 Å². The molecule has 10 aromatic carbocycles. The molecule has 0 atom stereocenters. The predicted octanol–water partition coefficient (Wildman–Crippen LogP) is 19.1. The van der Waals surface area contributed by atoms with Crippen LogP contribution in [0.15, 0.2) is 243 Å². The molecular formula is C78H61BN6OPt. The second kappa shape index (κ2) is 20.3. The van der Waals surface area contributed by atoms with Crippen molar-refractivity contribution in [2.45, 2.75) is 64.7 Å². The molecule has 7 nitrogen and oxygen atoms in total. The number of imidazole rings is 1. The molecule has 0 saturated carbocycles. The Labute approximate surface area is 522 Å². The van der Waals surface area contributed by atoms with Gasteiger partial charge in [-0.05, 0) is 86.4 Å². The minimum absolute atomic E-state index is 0. The Morgan fingerprint density at radius 1 is 0.494 bits per heavy atom. The van der Waals surface area contributed by atoms with Crippen molar-refractivity contribution in [3.8, 4) is 50.8 Å². The van der Waals surface area contributed by atoms with Crippen LogP contribution >= 0.6 is 0 Å². The third kappa shape index (κ3) is 8.35. The van der Waals surface area contributed by atoms with Gasteiger partial charge in [0, 0.05) is 73.3 Å². The Morgan fingerprint density at radius 3 is 1.68 bits per heavy atom. The number of hydrogen-bond acceptors (Lipinski definition) is 5. The van der Waals surface area contributed by atoms with Gasteiger partial charge < -0.3 is 23.3 Å². The largest absolute Gasteiger partial charge is 2.00 e. The van der Waals surface area contributed by atoms with Gasteiger partial charge in [-0.25, -0.2) is 4.98 Å². The maximum absolute atomic E-state index is 7.02. The average Bonchev–Trinajstić information content (AvgIpc) is 1.65. The summed E-state index contributed by atoms with van der Waals surface area (Å²) in [6, 6.07) is 92.9. The second-order valence-corrected chi connectivity index (χ2v) is 25.2. The van der Waals surface area contributed by atoms with Crippen molar-refractivity contribution in [3.05, 3.63) is 272 Å². The van der Waals surface area contributed by atoms with Crippen LogP contribution in [-0.2, 0) is 37.3 Å². The smallest absolute Gasteiger partial charge is 0.503 e. The first-order valence-corrected chi connectivity index (χ1v) is 29.8. The van der Waals surface area contributed by atoms with E-state index in [1.165, 1.54) is 27.7 Å². The molecule has 87 heavy (non-hydrogen) atoms. The molecular weight excluding hydrogens is 1240 g/mol. The fraction of sp³-hybridized carbons (Fsp3) is 0.128. The van der Waals surface area contributed by atoms with Crippen LogP contribution < -0.4 is 19.8 Å². The number of fused-ring (bicyclic) bond motifs is 7. The van der Waals surface area contributed by atoms with Crippen LogP contribution in [0.5, 0.6) is 11.5 Å². The number of pyridine rings is 2. The first-order valence-electron chi connectivity index (χ1n) is 29.8. The number of anilines is 4. The predicted molar refractivity (Wildman–Crippen MR) is 357 cm³/mol. The van der Waals surface area contributed by atoms with Gasteiger partial charge >= 0.3 is 28.0 Å². The first kappa shape index (κ1) is 54.2. The normalized spacial score (nSPS) is 14.2. The van der Waals surface area contributed by atoms with Gasteiger partial charge in [-0.3, -0.25) is 4.98 Å². The summed E-state index contributed by atoms with van der Waals surface area (Å²) < 4.78 is 11.7. The molecule has 0 bridgehead atoms. The summed E-state index contributed by atoms with van der Waals surface area (Å²) in [6.07, 6.45) is 1.94. The Bertz CT molecular complexity index is 4940. The Balaban J connectivity index is 0.00000638. The van der Waals surface area contributed by atoms with Gasteiger partial charge in [0.25, 0.3) is 0 Å². The quantitative estimate of drug-likeness (QED) is 0.0819. The van der Waals surface area contributed by atoms with Crippen molar-refractivity contribution in [2.24, 2.45) is 0 Å². The number of para-hydroxylation sites is 5. The van der Waals surface area contributed by atoms with Gasteiger partial charge in [-0.2, -0.15) is 6.07 Å². The van der Waals surface area contributed by atoms with Crippen molar-refractivity contribution in [1.29, 1.82) is 0 Å². The summed E-state index contributed by atoms with van der Waals surface area (Å²) in [7, 11) is 0. The van der Waals surface area contributed by atoms with E-state index >= 15 is 0 Å². The SMILES string of the molecule is CC(C)(C)c1ccnc(-n2c3[c-]c(Oc4[c-]c5c(cc4)c4cccc6c4n4c(c(-c7ccccc7)nc54)C(C)(C)C6(C)C)ccc3c3cc(B4N(c5ccccc5-c5ccccc5)c5ccccc5N4c4ccccc4-c4ccccc4)ccc32)c1.[Pt+2]. The maximum Gasteiger partial charge on any atom is 2.00 e. The first-order chi connectivity index (χ1) is 41.8. The second-order valence-electron chi connectivity index (χ2n) is 25.2. The Morgan fingerprint density at radius 2 is 1.06 bits per heavy atom. The molecule has 2 aliphatic rings. The molecule has 0 aliphatic carbocycles. The molecule has 4 aromatic heterocycles. The van der Waals surface area contributed by atoms with Crippen molar-refractivity contribution in [2.75, 3.05) is 9.62 Å². The Kier molecular flexibility index (Phi) is 12.7. The van der Waals surface area contributed by atoms with Crippen molar-refractivity contribution >= 4 is 84.3 Å². The van der Waals surface area contributed by atoms with E-state index in [4.69, 9.17) is 14.7 Å². The standard InChI is InChI=1S/C78H61BN6O.Pt/c1-76(2,3)53-44-45-80-71(46-53)82-65-43-38-54(79-84(66-34-19-17-30-57(66)50-24-11-8-12-25-50)68-36-21-22-37-69(68)85(79)67-35-20-18-31-58(67)51-26-13-9-14-27-51)47-62(65)60-42-40-56(49-70(60)82)86-55-39-41-59-61-32-23-33-64-73(61)83-74(78(6,7)77(64,4)5)72(52-28-15-10-16-29-52)81-75(83)63(59)48-55;/h8-47H,1-7H3;/q-2;+2. The molecule has 422 valence electrons. The average molecular weight is 1300 g/mol. The third-order valence-corrected chi connectivity index (χ3v) is 18.9. The number of hydrogen-bond donors (Lipinski definition) is 0. The van der Waals surface area contributed by atoms with E-state index < -0.39 is 0 Å². The number of aromatic nitrogens is 4. The van der Waals surface area contributed by atoms with E-state index in [2.05, 4.69) is 310 Å². The zero-order valence-electron chi connectivity index (χ0n) is 49.6. The van der Waals surface area contributed by atoms with Gasteiger partial charge in [0.15, 0.2) is 0 Å². The Hall–Kier alpha value is -9.49. The number of benzene rings is 10. The van der Waals surface area contributed by atoms with Gasteiger partial charge in [0.05, 0.1) is 22.7 Å². The van der Waals surface area contributed by atoms with Crippen LogP contribution in [0.1, 0.15) is 65.3 Å². The maximum atomic E-state index is 7.02. The van der Waals surface area contributed by atoms with Gasteiger partial charge in [-0.1, -0.05) is 241 Å². The molecule has 9 heteroatoms. The molecule has 0 fully saturated rings. The molecule has 0 radical (unpaired) electrons. The summed E-state index contributed by atoms with van der Waals surface area (Å²) in [4.78, 5) is 15.8. The zero-order valence-corrected chi connectivity index (χ0v) is 51.9. The van der Waals surface area contributed by atoms with E-state index in [1.807, 2.05) is 12.3 Å². The molecule has 6 heterocycles. The van der Waals surface area contributed by atoms with Crippen LogP contribution in [0.25, 0.3) is 88.5 Å². The minimum Gasteiger partial charge on any atom is -0.503 e. The van der Waals surface area contributed by atoms with E-state index in [0.29, 0.717) is 11.5 Å². The minimum atomic E-state index is -0.320. The number of nitrogens with zero attached hydrogens (tertiary/aromatic N) is 6. The molecule has 14 aromatic rings. The summed E-state index contributed by atoms with van der Waals surface area (Å²) in [5.41, 5.74) is 19.4. The molecule has 2 aliphatic heterocycles. The summed E-state index contributed by atoms with van der Waals surface area (Å²) in [5, 5.41) is 5.28. The summed E-state index contributed by atoms with van der Waals surface area (Å²) >= 11 is 0. The van der Waals surface area contributed by atoms with Crippen molar-refractivity contribution in [3.63, 3.8) is 0 Å². The number of rotatable bonds is 9. The van der Waals surface area contributed by atoms with E-state index in [9.17, 15) is 0 Å². The van der Waals surface area contributed by atoms with Gasteiger partial charge in [-0.15, -0.1) is 29.7 Å².